The average Bonchev–Trinajstić information content (AvgIpc) is 3.22. The number of aromatic nitrogens is 2. The fraction of sp³-hybridized carbons (Fsp3) is 0.500. The number of benzene rings is 1. The molecule has 1 aromatic carbocycles. The molecule has 2 aliphatic rings. The minimum atomic E-state index is -0.588. The van der Waals surface area contributed by atoms with E-state index in [0.717, 1.165) is 30.5 Å². The zero-order chi connectivity index (χ0) is 23.4. The van der Waals surface area contributed by atoms with Gasteiger partial charge in [-0.25, -0.2) is 14.6 Å². The topological polar surface area (TPSA) is 153 Å². The minimum absolute atomic E-state index is 0.216. The van der Waals surface area contributed by atoms with Crippen molar-refractivity contribution in [3.63, 3.8) is 0 Å². The van der Waals surface area contributed by atoms with Crippen LogP contribution in [0.25, 0.3) is 11.3 Å². The average molecular weight is 459 g/mol. The highest BCUT2D eigenvalue weighted by Crippen LogP contribution is 2.36. The van der Waals surface area contributed by atoms with Crippen molar-refractivity contribution in [1.29, 1.82) is 0 Å². The van der Waals surface area contributed by atoms with Crippen LogP contribution in [0, 0.1) is 0 Å². The van der Waals surface area contributed by atoms with Crippen LogP contribution < -0.4 is 21.7 Å². The van der Waals surface area contributed by atoms with E-state index in [1.165, 1.54) is 7.11 Å². The van der Waals surface area contributed by atoms with Gasteiger partial charge in [-0.1, -0.05) is 12.8 Å². The monoisotopic (exact) mass is 458 g/mol. The lowest BCUT2D eigenvalue weighted by molar-refractivity contribution is -0.173. The first-order chi connectivity index (χ1) is 16.0. The van der Waals surface area contributed by atoms with Crippen molar-refractivity contribution in [1.82, 2.24) is 9.97 Å². The number of carbonyl (C=O) groups excluding carboxylic acids is 2. The normalized spacial score (nSPS) is 20.7. The summed E-state index contributed by atoms with van der Waals surface area (Å²) >= 11 is 0. The highest BCUT2D eigenvalue weighted by atomic mass is 16.6. The molecule has 1 saturated heterocycles. The minimum Gasteiger partial charge on any atom is -0.456 e. The van der Waals surface area contributed by atoms with Gasteiger partial charge in [-0.2, -0.15) is 0 Å². The van der Waals surface area contributed by atoms with Crippen LogP contribution in [0.4, 0.5) is 22.0 Å². The van der Waals surface area contributed by atoms with Crippen molar-refractivity contribution in [3.8, 4) is 11.3 Å². The van der Waals surface area contributed by atoms with Gasteiger partial charge >= 0.3 is 12.1 Å². The lowest BCUT2D eigenvalue weighted by Crippen LogP contribution is -2.42. The second kappa shape index (κ2) is 10.1. The third-order valence-electron chi connectivity index (χ3n) is 5.79. The number of aromatic amines is 1. The van der Waals surface area contributed by atoms with E-state index in [0.29, 0.717) is 42.7 Å². The molecule has 4 rings (SSSR count). The molecule has 3 heterocycles. The number of amides is 1. The number of hydrogen-bond acceptors (Lipinski definition) is 9. The molecule has 178 valence electrons. The highest BCUT2D eigenvalue weighted by Gasteiger charge is 2.29. The number of methoxy groups -OCH3 is 1. The summed E-state index contributed by atoms with van der Waals surface area (Å²) in [6.07, 6.45) is 2.13. The number of H-pyrrole nitrogens is 1. The Labute approximate surface area is 191 Å². The van der Waals surface area contributed by atoms with Crippen LogP contribution >= 0.6 is 0 Å². The molecule has 33 heavy (non-hydrogen) atoms. The van der Waals surface area contributed by atoms with Gasteiger partial charge in [0.15, 0.2) is 5.82 Å². The first kappa shape index (κ1) is 22.9. The van der Waals surface area contributed by atoms with E-state index in [4.69, 9.17) is 19.9 Å². The van der Waals surface area contributed by atoms with E-state index >= 15 is 0 Å². The Morgan fingerprint density at radius 3 is 2.73 bits per heavy atom. The summed E-state index contributed by atoms with van der Waals surface area (Å²) in [7, 11) is 3.08. The first-order valence-electron chi connectivity index (χ1n) is 11.1. The van der Waals surface area contributed by atoms with Crippen LogP contribution in [0.1, 0.15) is 37.5 Å². The molecule has 2 aliphatic heterocycles. The Hall–Kier alpha value is -3.31. The van der Waals surface area contributed by atoms with Gasteiger partial charge in [0.05, 0.1) is 32.1 Å². The van der Waals surface area contributed by atoms with Crippen LogP contribution in [0.5, 0.6) is 0 Å². The van der Waals surface area contributed by atoms with Crippen molar-refractivity contribution in [2.75, 3.05) is 43.3 Å². The third kappa shape index (κ3) is 5.20. The lowest BCUT2D eigenvalue weighted by Gasteiger charge is -2.29. The van der Waals surface area contributed by atoms with Gasteiger partial charge in [0, 0.05) is 24.0 Å². The maximum absolute atomic E-state index is 13.0. The Kier molecular flexibility index (Phi) is 6.99. The Bertz CT molecular complexity index is 1010. The van der Waals surface area contributed by atoms with Crippen molar-refractivity contribution >= 4 is 29.3 Å². The summed E-state index contributed by atoms with van der Waals surface area (Å²) in [4.78, 5) is 32.7. The van der Waals surface area contributed by atoms with Gasteiger partial charge in [0.2, 0.25) is 0 Å². The summed E-state index contributed by atoms with van der Waals surface area (Å²) < 4.78 is 15.4. The van der Waals surface area contributed by atoms with Crippen molar-refractivity contribution in [3.05, 3.63) is 24.0 Å². The molecular formula is C22H30N6O5. The van der Waals surface area contributed by atoms with Gasteiger partial charge in [-0.3, -0.25) is 5.32 Å². The Morgan fingerprint density at radius 1 is 1.24 bits per heavy atom. The van der Waals surface area contributed by atoms with E-state index in [9.17, 15) is 9.59 Å². The van der Waals surface area contributed by atoms with E-state index in [-0.39, 0.29) is 18.1 Å². The van der Waals surface area contributed by atoms with Crippen molar-refractivity contribution in [2.45, 2.75) is 43.9 Å². The summed E-state index contributed by atoms with van der Waals surface area (Å²) in [5.74, 6) is 1.00. The van der Waals surface area contributed by atoms with Crippen molar-refractivity contribution < 1.29 is 23.8 Å². The summed E-state index contributed by atoms with van der Waals surface area (Å²) in [5, 5.41) is 9.12. The van der Waals surface area contributed by atoms with E-state index < -0.39 is 12.1 Å². The van der Waals surface area contributed by atoms with E-state index in [2.05, 4.69) is 25.9 Å². The number of nitrogens with one attached hydrogen (secondary N) is 4. The zero-order valence-corrected chi connectivity index (χ0v) is 18.8. The van der Waals surface area contributed by atoms with Crippen LogP contribution in [-0.4, -0.2) is 61.5 Å². The van der Waals surface area contributed by atoms with E-state index in [1.54, 1.807) is 19.2 Å². The van der Waals surface area contributed by atoms with Crippen molar-refractivity contribution in [2.24, 2.45) is 5.73 Å². The molecule has 2 bridgehead atoms. The number of anilines is 3. The number of nitrogens with two attached hydrogens (primary N) is 1. The molecule has 2 atom stereocenters. The molecule has 1 aromatic heterocycles. The predicted molar refractivity (Wildman–Crippen MR) is 123 cm³/mol. The van der Waals surface area contributed by atoms with Gasteiger partial charge in [-0.05, 0) is 31.0 Å². The van der Waals surface area contributed by atoms with Crippen LogP contribution in [-0.2, 0) is 19.0 Å². The molecule has 11 heteroatoms. The number of carbonyl (C=O) groups is 2. The first-order valence-corrected chi connectivity index (χ1v) is 11.1. The molecule has 0 aliphatic carbocycles. The second-order valence-electron chi connectivity index (χ2n) is 8.16. The van der Waals surface area contributed by atoms with Crippen LogP contribution in [0.2, 0.25) is 0 Å². The second-order valence-corrected chi connectivity index (χ2v) is 8.16. The number of imidazole rings is 1. The molecular weight excluding hydrogens is 428 g/mol. The summed E-state index contributed by atoms with van der Waals surface area (Å²) in [6, 6.07) is 4.52. The van der Waals surface area contributed by atoms with Crippen LogP contribution in [0.3, 0.4) is 0 Å². The smallest absolute Gasteiger partial charge is 0.411 e. The molecule has 11 nitrogen and oxygen atoms in total. The SMILES string of the molecule is CNc1nc2[nH]c1-c1ccc(NC(=O)OC)cc1N[C@@H](C(=O)OC1COC1)CCCC[C@@H]2N. The fourth-order valence-corrected chi connectivity index (χ4v) is 3.89. The molecule has 1 amide bonds. The zero-order valence-electron chi connectivity index (χ0n) is 18.8. The standard InChI is InChI=1S/C22H30N6O5/c1-24-20-18-14-8-7-12(25-22(30)31-2)9-17(14)26-16(21(29)33-13-10-32-11-13)6-4-3-5-15(23)19(27-18)28-20/h7-9,13,15-16,24,26H,3-6,10-11,23H2,1-2H3,(H,25,30)(H,27,28)/t15-,16+/m0/s1. The van der Waals surface area contributed by atoms with Gasteiger partial charge in [-0.15, -0.1) is 0 Å². The molecule has 0 saturated carbocycles. The Balaban J connectivity index is 1.74. The number of fused-ring (bicyclic) bond motifs is 4. The summed E-state index contributed by atoms with van der Waals surface area (Å²) in [5.41, 5.74) is 9.04. The maximum Gasteiger partial charge on any atom is 0.411 e. The number of nitrogens with zero attached hydrogens (tertiary/aromatic N) is 1. The number of hydrogen-bond donors (Lipinski definition) is 5. The number of esters is 1. The molecule has 6 N–H and O–H groups in total. The number of rotatable bonds is 4. The molecule has 0 spiro atoms. The van der Waals surface area contributed by atoms with Gasteiger partial charge in [0.1, 0.15) is 18.0 Å². The largest absolute Gasteiger partial charge is 0.456 e. The third-order valence-corrected chi connectivity index (χ3v) is 5.79. The summed E-state index contributed by atoms with van der Waals surface area (Å²) in [6.45, 7) is 0.832. The van der Waals surface area contributed by atoms with Crippen LogP contribution in [0.15, 0.2) is 18.2 Å². The molecule has 0 radical (unpaired) electrons. The maximum atomic E-state index is 13.0. The number of ether oxygens (including phenoxy) is 3. The van der Waals surface area contributed by atoms with Gasteiger partial charge < -0.3 is 35.6 Å². The predicted octanol–water partition coefficient (Wildman–Crippen LogP) is 2.59. The fourth-order valence-electron chi connectivity index (χ4n) is 3.89. The quantitative estimate of drug-likeness (QED) is 0.435. The molecule has 0 unspecified atom stereocenters. The molecule has 1 fully saturated rings. The molecule has 2 aromatic rings. The van der Waals surface area contributed by atoms with Gasteiger partial charge in [0.25, 0.3) is 0 Å². The van der Waals surface area contributed by atoms with E-state index in [1.807, 2.05) is 6.07 Å². The highest BCUT2D eigenvalue weighted by molar-refractivity contribution is 5.91. The lowest BCUT2D eigenvalue weighted by atomic mass is 10.0. The Morgan fingerprint density at radius 2 is 2.03 bits per heavy atom.